The molecule has 0 aromatic carbocycles. The van der Waals surface area contributed by atoms with Crippen LogP contribution >= 0.6 is 0 Å². The predicted octanol–water partition coefficient (Wildman–Crippen LogP) is -0.0923. The Hall–Kier alpha value is -1.36. The molecule has 0 saturated carbocycles. The first kappa shape index (κ1) is 11.6. The summed E-state index contributed by atoms with van der Waals surface area (Å²) in [6.07, 6.45) is -0.0891. The average molecular weight is 187 g/mol. The number of aliphatic carboxylic acids is 1. The molecule has 3 N–H and O–H groups in total. The van der Waals surface area contributed by atoms with Crippen molar-refractivity contribution in [1.82, 2.24) is 0 Å². The van der Waals surface area contributed by atoms with E-state index in [1.165, 1.54) is 0 Å². The van der Waals surface area contributed by atoms with E-state index in [2.05, 4.69) is 11.3 Å². The maximum Gasteiger partial charge on any atom is 0.331 e. The molecule has 0 aliphatic heterocycles. The van der Waals surface area contributed by atoms with Crippen LogP contribution in [0.5, 0.6) is 0 Å². The molecule has 0 fully saturated rings. The third kappa shape index (κ3) is 4.27. The second-order valence-electron chi connectivity index (χ2n) is 2.47. The molecule has 13 heavy (non-hydrogen) atoms. The monoisotopic (exact) mass is 187 g/mol. The molecule has 0 aliphatic rings. The van der Waals surface area contributed by atoms with Crippen molar-refractivity contribution in [2.75, 3.05) is 6.61 Å². The molecule has 74 valence electrons. The van der Waals surface area contributed by atoms with Crippen LogP contribution in [0.1, 0.15) is 13.3 Å². The minimum Gasteiger partial charge on any atom is -0.478 e. The Morgan fingerprint density at radius 2 is 2.15 bits per heavy atom. The van der Waals surface area contributed by atoms with E-state index in [0.717, 1.165) is 0 Å². The summed E-state index contributed by atoms with van der Waals surface area (Å²) in [7, 11) is 0. The molecule has 5 heteroatoms. The molecule has 0 aromatic rings. The van der Waals surface area contributed by atoms with Crippen LogP contribution in [0.4, 0.5) is 0 Å². The summed E-state index contributed by atoms with van der Waals surface area (Å²) >= 11 is 0. The van der Waals surface area contributed by atoms with E-state index in [-0.39, 0.29) is 18.6 Å². The zero-order valence-corrected chi connectivity index (χ0v) is 7.45. The van der Waals surface area contributed by atoms with Crippen LogP contribution in [0, 0.1) is 0 Å². The van der Waals surface area contributed by atoms with Crippen LogP contribution in [0.15, 0.2) is 12.2 Å². The Bertz CT molecular complexity index is 224. The summed E-state index contributed by atoms with van der Waals surface area (Å²) in [6, 6.07) is -0.941. The second-order valence-corrected chi connectivity index (χ2v) is 2.47. The van der Waals surface area contributed by atoms with Gasteiger partial charge in [-0.05, 0) is 6.92 Å². The van der Waals surface area contributed by atoms with Crippen molar-refractivity contribution in [2.24, 2.45) is 5.73 Å². The average Bonchev–Trinajstić information content (AvgIpc) is 2.04. The summed E-state index contributed by atoms with van der Waals surface area (Å²) in [5.41, 5.74) is 5.25. The van der Waals surface area contributed by atoms with E-state index in [1.807, 2.05) is 0 Å². The number of carbonyl (C=O) groups is 2. The number of carbonyl (C=O) groups excluding carboxylic acids is 1. The van der Waals surface area contributed by atoms with E-state index in [9.17, 15) is 9.59 Å². The summed E-state index contributed by atoms with van der Waals surface area (Å²) in [5.74, 6) is -1.76. The zero-order chi connectivity index (χ0) is 10.4. The normalized spacial score (nSPS) is 11.8. The number of hydrogen-bond acceptors (Lipinski definition) is 4. The van der Waals surface area contributed by atoms with Crippen LogP contribution < -0.4 is 5.73 Å². The summed E-state index contributed by atoms with van der Waals surface area (Å²) in [4.78, 5) is 21.2. The van der Waals surface area contributed by atoms with Crippen molar-refractivity contribution in [3.05, 3.63) is 12.2 Å². The number of rotatable bonds is 5. The molecule has 0 spiro atoms. The molecule has 0 bridgehead atoms. The molecule has 0 rings (SSSR count). The maximum absolute atomic E-state index is 10.9. The van der Waals surface area contributed by atoms with Crippen molar-refractivity contribution in [2.45, 2.75) is 19.4 Å². The molecule has 5 nitrogen and oxygen atoms in total. The smallest absolute Gasteiger partial charge is 0.331 e. The van der Waals surface area contributed by atoms with E-state index in [1.54, 1.807) is 6.92 Å². The van der Waals surface area contributed by atoms with Gasteiger partial charge in [0.1, 0.15) is 6.04 Å². The van der Waals surface area contributed by atoms with Gasteiger partial charge in [-0.1, -0.05) is 6.58 Å². The Morgan fingerprint density at radius 1 is 1.62 bits per heavy atom. The molecule has 0 saturated heterocycles. The van der Waals surface area contributed by atoms with Crippen molar-refractivity contribution >= 4 is 11.9 Å². The van der Waals surface area contributed by atoms with Crippen LogP contribution in [-0.4, -0.2) is 29.7 Å². The van der Waals surface area contributed by atoms with E-state index in [0.29, 0.717) is 0 Å². The Balaban J connectivity index is 3.99. The van der Waals surface area contributed by atoms with Crippen molar-refractivity contribution in [3.8, 4) is 0 Å². The van der Waals surface area contributed by atoms with Crippen LogP contribution in [-0.2, 0) is 14.3 Å². The Kier molecular flexibility index (Phi) is 4.76. The molecular formula is C8H13NO4. The van der Waals surface area contributed by atoms with Crippen LogP contribution in [0.3, 0.4) is 0 Å². The van der Waals surface area contributed by atoms with Gasteiger partial charge in [0, 0.05) is 12.0 Å². The molecule has 0 amide bonds. The first-order valence-corrected chi connectivity index (χ1v) is 3.82. The lowest BCUT2D eigenvalue weighted by Gasteiger charge is -2.09. The molecule has 0 radical (unpaired) electrons. The number of nitrogens with two attached hydrogens (primary N) is 1. The SMILES string of the molecule is C=C(CC(N)C(=O)OCC)C(=O)O. The Labute approximate surface area is 76.2 Å². The lowest BCUT2D eigenvalue weighted by Crippen LogP contribution is -2.33. The fraction of sp³-hybridized carbons (Fsp3) is 0.500. The first-order chi connectivity index (χ1) is 5.99. The number of ether oxygens (including phenoxy) is 1. The molecule has 1 atom stereocenters. The number of carboxylic acids is 1. The highest BCUT2D eigenvalue weighted by Gasteiger charge is 2.18. The maximum atomic E-state index is 10.9. The van der Waals surface area contributed by atoms with Gasteiger partial charge in [0.25, 0.3) is 0 Å². The number of esters is 1. The topological polar surface area (TPSA) is 89.6 Å². The van der Waals surface area contributed by atoms with Gasteiger partial charge in [0.15, 0.2) is 0 Å². The highest BCUT2D eigenvalue weighted by atomic mass is 16.5. The fourth-order valence-electron chi connectivity index (χ4n) is 0.685. The lowest BCUT2D eigenvalue weighted by atomic mass is 10.1. The quantitative estimate of drug-likeness (QED) is 0.463. The largest absolute Gasteiger partial charge is 0.478 e. The first-order valence-electron chi connectivity index (χ1n) is 3.82. The Morgan fingerprint density at radius 3 is 2.54 bits per heavy atom. The summed E-state index contributed by atoms with van der Waals surface area (Å²) < 4.78 is 4.59. The van der Waals surface area contributed by atoms with Gasteiger partial charge in [0.2, 0.25) is 0 Å². The predicted molar refractivity (Wildman–Crippen MR) is 46.0 cm³/mol. The van der Waals surface area contributed by atoms with Gasteiger partial charge < -0.3 is 15.6 Å². The molecule has 0 heterocycles. The summed E-state index contributed by atoms with van der Waals surface area (Å²) in [6.45, 7) is 5.13. The van der Waals surface area contributed by atoms with Crippen LogP contribution in [0.25, 0.3) is 0 Å². The highest BCUT2D eigenvalue weighted by Crippen LogP contribution is 2.02. The molecule has 0 aliphatic carbocycles. The van der Waals surface area contributed by atoms with E-state index < -0.39 is 18.0 Å². The van der Waals surface area contributed by atoms with Gasteiger partial charge >= 0.3 is 11.9 Å². The molecule has 0 aromatic heterocycles. The van der Waals surface area contributed by atoms with Gasteiger partial charge in [0.05, 0.1) is 6.61 Å². The molecular weight excluding hydrogens is 174 g/mol. The number of carboxylic acid groups (broad SMARTS) is 1. The van der Waals surface area contributed by atoms with Gasteiger partial charge in [-0.2, -0.15) is 0 Å². The lowest BCUT2D eigenvalue weighted by molar-refractivity contribution is -0.144. The summed E-state index contributed by atoms with van der Waals surface area (Å²) in [5, 5.41) is 8.44. The minimum absolute atomic E-state index is 0.0891. The third-order valence-electron chi connectivity index (χ3n) is 1.36. The van der Waals surface area contributed by atoms with Gasteiger partial charge in [-0.15, -0.1) is 0 Å². The standard InChI is InChI=1S/C8H13NO4/c1-3-13-8(12)6(9)4-5(2)7(10)11/h6H,2-4,9H2,1H3,(H,10,11). The van der Waals surface area contributed by atoms with Crippen molar-refractivity contribution in [1.29, 1.82) is 0 Å². The zero-order valence-electron chi connectivity index (χ0n) is 7.45. The highest BCUT2D eigenvalue weighted by molar-refractivity contribution is 5.87. The van der Waals surface area contributed by atoms with Gasteiger partial charge in [-0.3, -0.25) is 4.79 Å². The van der Waals surface area contributed by atoms with Gasteiger partial charge in [-0.25, -0.2) is 4.79 Å². The number of hydrogen-bond donors (Lipinski definition) is 2. The van der Waals surface area contributed by atoms with E-state index >= 15 is 0 Å². The fourth-order valence-corrected chi connectivity index (χ4v) is 0.685. The third-order valence-corrected chi connectivity index (χ3v) is 1.36. The van der Waals surface area contributed by atoms with Crippen molar-refractivity contribution in [3.63, 3.8) is 0 Å². The van der Waals surface area contributed by atoms with E-state index in [4.69, 9.17) is 10.8 Å². The van der Waals surface area contributed by atoms with Crippen LogP contribution in [0.2, 0.25) is 0 Å². The minimum atomic E-state index is -1.15. The molecule has 1 unspecified atom stereocenters. The second kappa shape index (κ2) is 5.31. The van der Waals surface area contributed by atoms with Crippen molar-refractivity contribution < 1.29 is 19.4 Å².